The van der Waals surface area contributed by atoms with Crippen molar-refractivity contribution in [3.05, 3.63) is 41.6 Å². The molecule has 162 valence electrons. The number of carbonyl (C=O) groups excluding carboxylic acids is 2. The first-order chi connectivity index (χ1) is 14.9. The van der Waals surface area contributed by atoms with Crippen LogP contribution in [0.15, 0.2) is 36.5 Å². The quantitative estimate of drug-likeness (QED) is 0.632. The van der Waals surface area contributed by atoms with Crippen molar-refractivity contribution in [2.45, 2.75) is 13.0 Å². The van der Waals surface area contributed by atoms with Crippen molar-refractivity contribution >= 4 is 34.9 Å². The molecule has 1 aromatic carbocycles. The van der Waals surface area contributed by atoms with Crippen molar-refractivity contribution in [2.24, 2.45) is 7.05 Å². The van der Waals surface area contributed by atoms with Crippen LogP contribution < -0.4 is 19.7 Å². The van der Waals surface area contributed by atoms with Crippen LogP contribution in [0.5, 0.6) is 11.5 Å². The summed E-state index contributed by atoms with van der Waals surface area (Å²) in [6.45, 7) is 0.308. The fraction of sp³-hybridized carbons (Fsp3) is 0.286. The summed E-state index contributed by atoms with van der Waals surface area (Å²) in [6.07, 6.45) is 2.20. The molecule has 0 fully saturated rings. The van der Waals surface area contributed by atoms with Gasteiger partial charge in [0.05, 0.1) is 37.2 Å². The molecule has 10 heteroatoms. The van der Waals surface area contributed by atoms with E-state index in [1.54, 1.807) is 16.8 Å². The summed E-state index contributed by atoms with van der Waals surface area (Å²) in [7, 11) is 4.90. The third-order valence-electron chi connectivity index (χ3n) is 5.13. The van der Waals surface area contributed by atoms with Crippen LogP contribution >= 0.6 is 11.6 Å². The molecule has 1 aliphatic heterocycles. The number of rotatable bonds is 6. The van der Waals surface area contributed by atoms with Crippen molar-refractivity contribution in [2.75, 3.05) is 31.0 Å². The molecule has 9 nitrogen and oxygen atoms in total. The molecule has 0 bridgehead atoms. The number of fused-ring (bicyclic) bond motifs is 1. The maximum atomic E-state index is 12.8. The van der Waals surface area contributed by atoms with Gasteiger partial charge in [-0.3, -0.25) is 14.5 Å². The third kappa shape index (κ3) is 3.96. The highest BCUT2D eigenvalue weighted by Crippen LogP contribution is 2.36. The van der Waals surface area contributed by atoms with Crippen LogP contribution in [0.2, 0.25) is 5.02 Å². The molecular formula is C21H22ClN5O4. The number of anilines is 2. The minimum atomic E-state index is -0.386. The normalized spacial score (nSPS) is 13.2. The number of halogens is 1. The van der Waals surface area contributed by atoms with Gasteiger partial charge in [0.1, 0.15) is 29.6 Å². The van der Waals surface area contributed by atoms with E-state index >= 15 is 0 Å². The molecule has 0 saturated heterocycles. The first kappa shape index (κ1) is 20.8. The molecular weight excluding hydrogens is 422 g/mol. The van der Waals surface area contributed by atoms with Crippen molar-refractivity contribution in [1.82, 2.24) is 14.3 Å². The summed E-state index contributed by atoms with van der Waals surface area (Å²) in [5.41, 5.74) is 2.06. The third-order valence-corrected chi connectivity index (χ3v) is 5.43. The van der Waals surface area contributed by atoms with E-state index in [1.807, 2.05) is 36.0 Å². The summed E-state index contributed by atoms with van der Waals surface area (Å²) in [5.74, 6) is 0.890. The van der Waals surface area contributed by atoms with Crippen LogP contribution in [0.25, 0.3) is 11.4 Å². The van der Waals surface area contributed by atoms with Crippen LogP contribution in [0, 0.1) is 0 Å². The van der Waals surface area contributed by atoms with Crippen molar-refractivity contribution in [1.29, 1.82) is 0 Å². The molecule has 3 aromatic rings. The number of benzene rings is 1. The summed E-state index contributed by atoms with van der Waals surface area (Å²) >= 11 is 6.18. The molecule has 1 N–H and O–H groups in total. The maximum absolute atomic E-state index is 12.8. The maximum Gasteiger partial charge on any atom is 0.244 e. The number of aromatic nitrogens is 3. The summed E-state index contributed by atoms with van der Waals surface area (Å²) in [4.78, 5) is 26.8. The Balaban J connectivity index is 1.57. The topological polar surface area (TPSA) is 90.6 Å². The number of hydrogen-bond donors (Lipinski definition) is 1. The molecule has 0 aliphatic carbocycles. The van der Waals surface area contributed by atoms with Gasteiger partial charge >= 0.3 is 0 Å². The molecule has 0 saturated carbocycles. The number of aryl methyl sites for hydroxylation is 2. The van der Waals surface area contributed by atoms with Crippen LogP contribution in [-0.2, 0) is 23.2 Å². The molecule has 0 radical (unpaired) electrons. The molecule has 3 heterocycles. The van der Waals surface area contributed by atoms with E-state index in [0.717, 1.165) is 11.4 Å². The van der Waals surface area contributed by atoms with Crippen molar-refractivity contribution in [3.8, 4) is 22.9 Å². The lowest BCUT2D eigenvalue weighted by molar-refractivity contribution is -0.122. The second-order valence-corrected chi connectivity index (χ2v) is 7.49. The SMILES string of the molecule is COc1cc(OC)c(NC(=O)CN2C(=O)CCn3nc(-c4cccn4C)cc32)cc1Cl. The van der Waals surface area contributed by atoms with E-state index in [2.05, 4.69) is 10.4 Å². The highest BCUT2D eigenvalue weighted by atomic mass is 35.5. The first-order valence-electron chi connectivity index (χ1n) is 9.62. The zero-order valence-corrected chi connectivity index (χ0v) is 18.1. The van der Waals surface area contributed by atoms with Gasteiger partial charge in [0.2, 0.25) is 11.8 Å². The molecule has 1 aliphatic rings. The van der Waals surface area contributed by atoms with E-state index in [9.17, 15) is 9.59 Å². The largest absolute Gasteiger partial charge is 0.495 e. The number of nitrogens with zero attached hydrogens (tertiary/aromatic N) is 4. The molecule has 4 rings (SSSR count). The summed E-state index contributed by atoms with van der Waals surface area (Å²) in [5, 5.41) is 7.70. The van der Waals surface area contributed by atoms with Gasteiger partial charge in [-0.15, -0.1) is 0 Å². The van der Waals surface area contributed by atoms with Crippen LogP contribution in [0.4, 0.5) is 11.5 Å². The van der Waals surface area contributed by atoms with Gasteiger partial charge in [-0.2, -0.15) is 5.10 Å². The second-order valence-electron chi connectivity index (χ2n) is 7.08. The van der Waals surface area contributed by atoms with Gasteiger partial charge in [0, 0.05) is 31.8 Å². The Morgan fingerprint density at radius 2 is 2.00 bits per heavy atom. The number of ether oxygens (including phenoxy) is 2. The van der Waals surface area contributed by atoms with Crippen molar-refractivity contribution < 1.29 is 19.1 Å². The van der Waals surface area contributed by atoms with Crippen LogP contribution in [0.1, 0.15) is 6.42 Å². The van der Waals surface area contributed by atoms with Gasteiger partial charge in [0.15, 0.2) is 0 Å². The Morgan fingerprint density at radius 1 is 1.23 bits per heavy atom. The second kappa shape index (κ2) is 8.35. The minimum absolute atomic E-state index is 0.138. The fourth-order valence-corrected chi connectivity index (χ4v) is 3.81. The Bertz CT molecular complexity index is 1150. The Labute approximate surface area is 184 Å². The Hall–Kier alpha value is -3.46. The number of nitrogens with one attached hydrogen (secondary N) is 1. The summed E-state index contributed by atoms with van der Waals surface area (Å²) in [6, 6.07) is 8.84. The van der Waals surface area contributed by atoms with Gasteiger partial charge in [-0.05, 0) is 18.2 Å². The number of methoxy groups -OCH3 is 2. The highest BCUT2D eigenvalue weighted by Gasteiger charge is 2.29. The number of carbonyl (C=O) groups is 2. The lowest BCUT2D eigenvalue weighted by atomic mass is 10.2. The van der Waals surface area contributed by atoms with Gasteiger partial charge < -0.3 is 19.4 Å². The minimum Gasteiger partial charge on any atom is -0.495 e. The Morgan fingerprint density at radius 3 is 2.68 bits per heavy atom. The highest BCUT2D eigenvalue weighted by molar-refractivity contribution is 6.32. The molecule has 0 spiro atoms. The van der Waals surface area contributed by atoms with Crippen molar-refractivity contribution in [3.63, 3.8) is 0 Å². The Kier molecular flexibility index (Phi) is 5.60. The van der Waals surface area contributed by atoms with Gasteiger partial charge in [0.25, 0.3) is 0 Å². The zero-order chi connectivity index (χ0) is 22.1. The molecule has 0 unspecified atom stereocenters. The summed E-state index contributed by atoms with van der Waals surface area (Å²) < 4.78 is 14.2. The molecule has 2 aromatic heterocycles. The molecule has 2 amide bonds. The first-order valence-corrected chi connectivity index (χ1v) is 10.0. The van der Waals surface area contributed by atoms with Gasteiger partial charge in [-0.1, -0.05) is 11.6 Å². The average molecular weight is 444 g/mol. The lowest BCUT2D eigenvalue weighted by Crippen LogP contribution is -2.42. The molecule has 0 atom stereocenters. The predicted octanol–water partition coefficient (Wildman–Crippen LogP) is 2.93. The zero-order valence-electron chi connectivity index (χ0n) is 17.4. The average Bonchev–Trinajstić information content (AvgIpc) is 3.36. The van der Waals surface area contributed by atoms with Crippen LogP contribution in [-0.4, -0.2) is 46.9 Å². The van der Waals surface area contributed by atoms with Crippen LogP contribution in [0.3, 0.4) is 0 Å². The number of hydrogen-bond acceptors (Lipinski definition) is 5. The van der Waals surface area contributed by atoms with E-state index < -0.39 is 0 Å². The van der Waals surface area contributed by atoms with E-state index in [-0.39, 0.29) is 24.8 Å². The fourth-order valence-electron chi connectivity index (χ4n) is 3.57. The predicted molar refractivity (Wildman–Crippen MR) is 117 cm³/mol. The standard InChI is InChI=1S/C21H22ClN5O4/c1-25-7-4-5-16(25)14-10-20-26(21(29)6-8-27(20)24-14)12-19(28)23-15-9-13(22)17(30-2)11-18(15)31-3/h4-5,7,9-11H,6,8,12H2,1-3H3,(H,23,28). The molecule has 31 heavy (non-hydrogen) atoms. The van der Waals surface area contributed by atoms with E-state index in [4.69, 9.17) is 21.1 Å². The van der Waals surface area contributed by atoms with Gasteiger partial charge in [-0.25, -0.2) is 4.68 Å². The monoisotopic (exact) mass is 443 g/mol. The van der Waals surface area contributed by atoms with E-state index in [0.29, 0.717) is 34.6 Å². The smallest absolute Gasteiger partial charge is 0.244 e. The number of amides is 2. The van der Waals surface area contributed by atoms with E-state index in [1.165, 1.54) is 19.1 Å². The lowest BCUT2D eigenvalue weighted by Gasteiger charge is -2.27.